The van der Waals surface area contributed by atoms with Crippen LogP contribution in [0.3, 0.4) is 0 Å². The third-order valence-corrected chi connectivity index (χ3v) is 6.39. The van der Waals surface area contributed by atoms with Gasteiger partial charge < -0.3 is 0 Å². The van der Waals surface area contributed by atoms with Gasteiger partial charge in [-0.2, -0.15) is 0 Å². The van der Waals surface area contributed by atoms with Crippen molar-refractivity contribution in [2.45, 2.75) is 12.8 Å². The number of rotatable bonds is 1. The van der Waals surface area contributed by atoms with E-state index in [1.807, 2.05) is 0 Å². The Kier molecular flexibility index (Phi) is 2.36. The average molecular weight is 334 g/mol. The molecule has 5 heteroatoms. The van der Waals surface area contributed by atoms with Gasteiger partial charge >= 0.3 is 0 Å². The quantitative estimate of drug-likeness (QED) is 0.580. The summed E-state index contributed by atoms with van der Waals surface area (Å²) in [6, 6.07) is 4.86. The molecule has 2 bridgehead atoms. The number of carbonyl (C=O) groups is 2. The van der Waals surface area contributed by atoms with E-state index in [9.17, 15) is 9.59 Å². The lowest BCUT2D eigenvalue weighted by Crippen LogP contribution is -2.34. The molecule has 1 heterocycles. The first-order valence-corrected chi connectivity index (χ1v) is 8.31. The van der Waals surface area contributed by atoms with Crippen molar-refractivity contribution in [1.29, 1.82) is 0 Å². The first kappa shape index (κ1) is 13.1. The molecule has 22 heavy (non-hydrogen) atoms. The number of amides is 2. The molecule has 2 saturated carbocycles. The van der Waals surface area contributed by atoms with Crippen LogP contribution < -0.4 is 4.90 Å². The number of benzene rings is 1. The molecule has 0 radical (unpaired) electrons. The molecular weight excluding hydrogens is 321 g/mol. The van der Waals surface area contributed by atoms with Gasteiger partial charge in [0, 0.05) is 10.0 Å². The van der Waals surface area contributed by atoms with Gasteiger partial charge in [0.25, 0.3) is 0 Å². The topological polar surface area (TPSA) is 37.4 Å². The van der Waals surface area contributed by atoms with Crippen molar-refractivity contribution in [1.82, 2.24) is 0 Å². The third kappa shape index (κ3) is 1.40. The molecule has 0 N–H and O–H groups in total. The molecule has 1 spiro atoms. The van der Waals surface area contributed by atoms with Gasteiger partial charge in [-0.05, 0) is 48.3 Å². The number of hydrogen-bond acceptors (Lipinski definition) is 2. The highest BCUT2D eigenvalue weighted by Crippen LogP contribution is 2.73. The number of nitrogens with zero attached hydrogens (tertiary/aromatic N) is 1. The SMILES string of the molecule is O=C1[C@H]2[C@H](C(=O)N1c1cc(Cl)cc(Cl)c1)[C@H]1C=C[C@H]2C12CC2. The predicted molar refractivity (Wildman–Crippen MR) is 83.7 cm³/mol. The fraction of sp³-hybridized carbons (Fsp3) is 0.412. The molecule has 112 valence electrons. The number of carbonyl (C=O) groups excluding carboxylic acids is 2. The van der Waals surface area contributed by atoms with Crippen LogP contribution in [0.5, 0.6) is 0 Å². The van der Waals surface area contributed by atoms with Crippen LogP contribution in [0.15, 0.2) is 30.4 Å². The standard InChI is InChI=1S/C17H13Cl2NO2/c18-8-5-9(19)7-10(6-8)20-15(21)13-11-1-2-12(14(13)16(20)22)17(11)3-4-17/h1-2,5-7,11-14H,3-4H2/t11-,12-,13-,14-/m1/s1. The Morgan fingerprint density at radius 2 is 1.41 bits per heavy atom. The molecule has 0 aromatic heterocycles. The zero-order valence-electron chi connectivity index (χ0n) is 11.6. The highest BCUT2D eigenvalue weighted by Gasteiger charge is 2.73. The van der Waals surface area contributed by atoms with Crippen molar-refractivity contribution >= 4 is 40.7 Å². The minimum Gasteiger partial charge on any atom is -0.274 e. The summed E-state index contributed by atoms with van der Waals surface area (Å²) >= 11 is 12.0. The fourth-order valence-electron chi connectivity index (χ4n) is 5.00. The van der Waals surface area contributed by atoms with E-state index in [4.69, 9.17) is 23.2 Å². The van der Waals surface area contributed by atoms with E-state index in [1.165, 1.54) is 4.90 Å². The Bertz CT molecular complexity index is 714. The second-order valence-electron chi connectivity index (χ2n) is 6.86. The summed E-state index contributed by atoms with van der Waals surface area (Å²) in [5.74, 6) is -0.0874. The van der Waals surface area contributed by atoms with Crippen molar-refractivity contribution in [2.75, 3.05) is 4.90 Å². The summed E-state index contributed by atoms with van der Waals surface area (Å²) < 4.78 is 0. The Morgan fingerprint density at radius 1 is 0.909 bits per heavy atom. The van der Waals surface area contributed by atoms with Gasteiger partial charge in [-0.15, -0.1) is 0 Å². The number of imide groups is 1. The Balaban J connectivity index is 1.59. The maximum Gasteiger partial charge on any atom is 0.238 e. The molecule has 4 aliphatic rings. The molecule has 1 aromatic carbocycles. The fourth-order valence-corrected chi connectivity index (χ4v) is 5.52. The molecule has 3 fully saturated rings. The predicted octanol–water partition coefficient (Wildman–Crippen LogP) is 3.70. The van der Waals surface area contributed by atoms with Crippen LogP contribution in [0, 0.1) is 29.1 Å². The molecule has 4 atom stereocenters. The molecule has 0 unspecified atom stereocenters. The van der Waals surface area contributed by atoms with E-state index in [-0.39, 0.29) is 40.9 Å². The van der Waals surface area contributed by atoms with Gasteiger partial charge in [0.15, 0.2) is 0 Å². The maximum atomic E-state index is 12.9. The van der Waals surface area contributed by atoms with Gasteiger partial charge in [0.2, 0.25) is 11.8 Å². The van der Waals surface area contributed by atoms with E-state index >= 15 is 0 Å². The van der Waals surface area contributed by atoms with E-state index in [0.29, 0.717) is 15.7 Å². The minimum atomic E-state index is -0.192. The van der Waals surface area contributed by atoms with Crippen molar-refractivity contribution in [2.24, 2.45) is 29.1 Å². The number of fused-ring (bicyclic) bond motifs is 3. The van der Waals surface area contributed by atoms with Gasteiger partial charge in [-0.1, -0.05) is 35.4 Å². The Labute approximate surface area is 137 Å². The third-order valence-electron chi connectivity index (χ3n) is 5.96. The summed E-state index contributed by atoms with van der Waals surface area (Å²) in [5, 5.41) is 0.861. The van der Waals surface area contributed by atoms with Crippen LogP contribution in [0.25, 0.3) is 0 Å². The number of hydrogen-bond donors (Lipinski definition) is 0. The second kappa shape index (κ2) is 3.95. The van der Waals surface area contributed by atoms with Crippen molar-refractivity contribution in [3.63, 3.8) is 0 Å². The highest BCUT2D eigenvalue weighted by atomic mass is 35.5. The molecule has 3 nitrogen and oxygen atoms in total. The monoisotopic (exact) mass is 333 g/mol. The molecular formula is C17H13Cl2NO2. The summed E-state index contributed by atoms with van der Waals surface area (Å²) in [6.45, 7) is 0. The van der Waals surface area contributed by atoms with Crippen LogP contribution in [0.2, 0.25) is 10.0 Å². The maximum absolute atomic E-state index is 12.9. The number of halogens is 2. The summed E-state index contributed by atoms with van der Waals surface area (Å²) in [5.41, 5.74) is 0.713. The van der Waals surface area contributed by atoms with Crippen LogP contribution in [-0.4, -0.2) is 11.8 Å². The van der Waals surface area contributed by atoms with Crippen LogP contribution in [-0.2, 0) is 9.59 Å². The van der Waals surface area contributed by atoms with E-state index in [0.717, 1.165) is 12.8 Å². The van der Waals surface area contributed by atoms with Crippen LogP contribution >= 0.6 is 23.2 Å². The molecule has 1 aliphatic heterocycles. The largest absolute Gasteiger partial charge is 0.274 e. The smallest absolute Gasteiger partial charge is 0.238 e. The average Bonchev–Trinajstić information content (AvgIpc) is 3.04. The van der Waals surface area contributed by atoms with E-state index in [1.54, 1.807) is 18.2 Å². The summed E-state index contributed by atoms with van der Waals surface area (Å²) in [6.07, 6.45) is 6.62. The Morgan fingerprint density at radius 3 is 1.86 bits per heavy atom. The second-order valence-corrected chi connectivity index (χ2v) is 7.73. The van der Waals surface area contributed by atoms with E-state index < -0.39 is 0 Å². The van der Waals surface area contributed by atoms with Crippen LogP contribution in [0.1, 0.15) is 12.8 Å². The van der Waals surface area contributed by atoms with Crippen molar-refractivity contribution in [3.8, 4) is 0 Å². The van der Waals surface area contributed by atoms with Crippen molar-refractivity contribution < 1.29 is 9.59 Å². The molecule has 5 rings (SSSR count). The van der Waals surface area contributed by atoms with Gasteiger partial charge in [-0.25, -0.2) is 4.90 Å². The van der Waals surface area contributed by atoms with Crippen molar-refractivity contribution in [3.05, 3.63) is 40.4 Å². The molecule has 1 saturated heterocycles. The zero-order valence-corrected chi connectivity index (χ0v) is 13.1. The van der Waals surface area contributed by atoms with Gasteiger partial charge in [0.05, 0.1) is 17.5 Å². The summed E-state index contributed by atoms with van der Waals surface area (Å²) in [7, 11) is 0. The lowest BCUT2D eigenvalue weighted by molar-refractivity contribution is -0.123. The highest BCUT2D eigenvalue weighted by molar-refractivity contribution is 6.35. The molecule has 1 aromatic rings. The van der Waals surface area contributed by atoms with Crippen LogP contribution in [0.4, 0.5) is 5.69 Å². The van der Waals surface area contributed by atoms with E-state index in [2.05, 4.69) is 12.2 Å². The normalized spacial score (nSPS) is 36.5. The minimum absolute atomic E-state index is 0.0866. The Hall–Kier alpha value is -1.32. The summed E-state index contributed by atoms with van der Waals surface area (Å²) in [4.78, 5) is 27.1. The first-order chi connectivity index (χ1) is 10.5. The molecule has 2 amide bonds. The zero-order chi connectivity index (χ0) is 15.2. The number of allylic oxidation sites excluding steroid dienone is 2. The molecule has 3 aliphatic carbocycles. The van der Waals surface area contributed by atoms with Gasteiger partial charge in [0.1, 0.15) is 0 Å². The first-order valence-electron chi connectivity index (χ1n) is 7.55. The lowest BCUT2D eigenvalue weighted by Gasteiger charge is -2.22. The van der Waals surface area contributed by atoms with Gasteiger partial charge in [-0.3, -0.25) is 9.59 Å². The number of anilines is 1. The lowest BCUT2D eigenvalue weighted by atomic mass is 9.85.